The molecule has 3 N–H and O–H groups in total. The number of H-pyrrole nitrogens is 1. The lowest BCUT2D eigenvalue weighted by Crippen LogP contribution is -2.46. The Bertz CT molecular complexity index is 1500. The minimum absolute atomic E-state index is 0.0243. The Kier molecular flexibility index (Phi) is 6.98. The molecule has 0 bridgehead atoms. The summed E-state index contributed by atoms with van der Waals surface area (Å²) in [5.41, 5.74) is 9.31. The average molecular weight is 495 g/mol. The van der Waals surface area contributed by atoms with Crippen LogP contribution in [0.3, 0.4) is 0 Å². The van der Waals surface area contributed by atoms with Crippen molar-refractivity contribution in [2.24, 2.45) is 12.0 Å². The van der Waals surface area contributed by atoms with Crippen LogP contribution in [0.15, 0.2) is 93.6 Å². The first-order valence-corrected chi connectivity index (χ1v) is 12.5. The zero-order chi connectivity index (χ0) is 25.8. The summed E-state index contributed by atoms with van der Waals surface area (Å²) in [6, 6.07) is 24.0. The third kappa shape index (κ3) is 5.09. The van der Waals surface area contributed by atoms with Gasteiger partial charge in [0.15, 0.2) is 0 Å². The molecule has 0 spiro atoms. The van der Waals surface area contributed by atoms with E-state index in [4.69, 9.17) is 10.7 Å². The molecule has 37 heavy (non-hydrogen) atoms. The van der Waals surface area contributed by atoms with Gasteiger partial charge in [0, 0.05) is 30.5 Å². The first-order valence-electron chi connectivity index (χ1n) is 12.5. The number of hydrogen-bond acceptors (Lipinski definition) is 5. The molecule has 0 amide bonds. The zero-order valence-corrected chi connectivity index (χ0v) is 20.8. The Labute approximate surface area is 215 Å². The number of rotatable bonds is 6. The van der Waals surface area contributed by atoms with E-state index < -0.39 is 11.2 Å². The monoisotopic (exact) mass is 494 g/mol. The van der Waals surface area contributed by atoms with Crippen LogP contribution in [0.5, 0.6) is 0 Å². The molecule has 1 aliphatic carbocycles. The van der Waals surface area contributed by atoms with E-state index in [1.807, 2.05) is 72.8 Å². The maximum atomic E-state index is 13.4. The third-order valence-electron chi connectivity index (χ3n) is 6.84. The van der Waals surface area contributed by atoms with Gasteiger partial charge in [-0.05, 0) is 42.7 Å². The van der Waals surface area contributed by atoms with Crippen LogP contribution >= 0.6 is 0 Å². The highest BCUT2D eigenvalue weighted by molar-refractivity contribution is 6.12. The summed E-state index contributed by atoms with van der Waals surface area (Å²) >= 11 is 0. The molecular weight excluding hydrogens is 464 g/mol. The van der Waals surface area contributed by atoms with Gasteiger partial charge in [-0.25, -0.2) is 4.79 Å². The normalized spacial score (nSPS) is 14.1. The van der Waals surface area contributed by atoms with Crippen molar-refractivity contribution in [1.82, 2.24) is 14.5 Å². The summed E-state index contributed by atoms with van der Waals surface area (Å²) in [5, 5.41) is 0. The Morgan fingerprint density at radius 2 is 1.73 bits per heavy atom. The summed E-state index contributed by atoms with van der Waals surface area (Å²) in [5.74, 6) is 0.498. The summed E-state index contributed by atoms with van der Waals surface area (Å²) in [7, 11) is 1.44. The van der Waals surface area contributed by atoms with Crippen molar-refractivity contribution in [3.8, 4) is 11.3 Å². The van der Waals surface area contributed by atoms with Crippen LogP contribution in [-0.2, 0) is 13.6 Å². The number of nitrogens with two attached hydrogens (primary N) is 1. The van der Waals surface area contributed by atoms with Crippen molar-refractivity contribution < 1.29 is 0 Å². The van der Waals surface area contributed by atoms with Crippen LogP contribution in [0.1, 0.15) is 36.8 Å². The number of nitrogen functional groups attached to an aromatic ring is 1. The van der Waals surface area contributed by atoms with E-state index in [9.17, 15) is 9.59 Å². The van der Waals surface area contributed by atoms with E-state index in [1.54, 1.807) is 6.20 Å². The molecule has 188 valence electrons. The molecule has 1 aliphatic rings. The van der Waals surface area contributed by atoms with E-state index in [-0.39, 0.29) is 17.4 Å². The number of aliphatic imine (C=N–C) groups is 1. The number of pyridine rings is 1. The number of anilines is 2. The van der Waals surface area contributed by atoms with Gasteiger partial charge < -0.3 is 10.6 Å². The molecule has 0 unspecified atom stereocenters. The molecule has 2 aromatic carbocycles. The van der Waals surface area contributed by atoms with Gasteiger partial charge in [-0.1, -0.05) is 61.4 Å². The van der Waals surface area contributed by atoms with Crippen LogP contribution in [0.2, 0.25) is 0 Å². The predicted molar refractivity (Wildman–Crippen MR) is 148 cm³/mol. The lowest BCUT2D eigenvalue weighted by molar-refractivity contribution is 0.686. The smallest absolute Gasteiger partial charge is 0.329 e. The summed E-state index contributed by atoms with van der Waals surface area (Å²) < 4.78 is 1.04. The predicted octanol–water partition coefficient (Wildman–Crippen LogP) is 4.11. The number of aromatic amines is 1. The van der Waals surface area contributed by atoms with Crippen molar-refractivity contribution in [2.45, 2.75) is 38.3 Å². The summed E-state index contributed by atoms with van der Waals surface area (Å²) in [6.07, 6.45) is 5.95. The first kappa shape index (κ1) is 24.2. The molecule has 8 nitrogen and oxygen atoms in total. The fraction of sp³-hybridized carbons (Fsp3) is 0.241. The Morgan fingerprint density at radius 1 is 1.03 bits per heavy atom. The Balaban J connectivity index is 1.60. The molecule has 2 aromatic heterocycles. The molecule has 4 aromatic rings. The molecule has 0 radical (unpaired) electrons. The average Bonchev–Trinajstić information content (AvgIpc) is 3.46. The fourth-order valence-electron chi connectivity index (χ4n) is 4.87. The van der Waals surface area contributed by atoms with Gasteiger partial charge in [0.25, 0.3) is 5.56 Å². The molecule has 2 heterocycles. The maximum Gasteiger partial charge on any atom is 0.329 e. The number of hydrogen-bond donors (Lipinski definition) is 2. The number of para-hydroxylation sites is 1. The van der Waals surface area contributed by atoms with Gasteiger partial charge in [0.05, 0.1) is 12.2 Å². The molecule has 1 saturated carbocycles. The summed E-state index contributed by atoms with van der Waals surface area (Å²) in [4.78, 5) is 39.7. The van der Waals surface area contributed by atoms with Crippen LogP contribution in [0.25, 0.3) is 11.3 Å². The van der Waals surface area contributed by atoms with Crippen molar-refractivity contribution in [2.75, 3.05) is 10.6 Å². The van der Waals surface area contributed by atoms with Gasteiger partial charge >= 0.3 is 5.69 Å². The zero-order valence-electron chi connectivity index (χ0n) is 20.8. The van der Waals surface area contributed by atoms with E-state index >= 15 is 0 Å². The Morgan fingerprint density at radius 3 is 2.41 bits per heavy atom. The minimum Gasteiger partial charge on any atom is -0.384 e. The second kappa shape index (κ2) is 10.7. The summed E-state index contributed by atoms with van der Waals surface area (Å²) in [6.45, 7) is 0.343. The quantitative estimate of drug-likeness (QED) is 0.310. The maximum absolute atomic E-state index is 13.4. The van der Waals surface area contributed by atoms with Gasteiger partial charge in [0.1, 0.15) is 17.2 Å². The van der Waals surface area contributed by atoms with Gasteiger partial charge in [-0.2, -0.15) is 0 Å². The number of amidine groups is 1. The molecular formula is C29H30N6O2. The van der Waals surface area contributed by atoms with Crippen LogP contribution in [0, 0.1) is 0 Å². The second-order valence-corrected chi connectivity index (χ2v) is 9.28. The van der Waals surface area contributed by atoms with Crippen molar-refractivity contribution in [1.29, 1.82) is 0 Å². The SMILES string of the molecule is Cn1c(=O)[nH]c(N)c(C(=NCc2ccc(-c3ccccn3)cc2)N(c2ccccc2)C2CCCC2)c1=O. The third-order valence-corrected chi connectivity index (χ3v) is 6.84. The second-order valence-electron chi connectivity index (χ2n) is 9.28. The van der Waals surface area contributed by atoms with Gasteiger partial charge in [0.2, 0.25) is 0 Å². The lowest BCUT2D eigenvalue weighted by atomic mass is 10.1. The minimum atomic E-state index is -0.553. The number of aromatic nitrogens is 3. The number of nitrogens with one attached hydrogen (secondary N) is 1. The Hall–Kier alpha value is -4.46. The fourth-order valence-corrected chi connectivity index (χ4v) is 4.87. The van der Waals surface area contributed by atoms with Crippen molar-refractivity contribution in [3.63, 3.8) is 0 Å². The molecule has 0 aliphatic heterocycles. The van der Waals surface area contributed by atoms with Gasteiger partial charge in [-0.15, -0.1) is 0 Å². The van der Waals surface area contributed by atoms with E-state index in [2.05, 4.69) is 14.9 Å². The highest BCUT2D eigenvalue weighted by atomic mass is 16.2. The molecule has 5 rings (SSSR count). The number of nitrogens with zero attached hydrogens (tertiary/aromatic N) is 4. The van der Waals surface area contributed by atoms with Crippen LogP contribution in [-0.4, -0.2) is 26.4 Å². The van der Waals surface area contributed by atoms with Crippen LogP contribution < -0.4 is 21.9 Å². The standard InChI is InChI=1S/C29H30N6O2/c1-34-28(36)25(26(30)33-29(34)37)27(35(23-11-5-6-12-23)22-9-3-2-4-10-22)32-19-20-14-16-21(17-15-20)24-13-7-8-18-31-24/h2-4,7-10,13-18,23H,5-6,11-12,19,30H2,1H3,(H,33,37). The highest BCUT2D eigenvalue weighted by Crippen LogP contribution is 2.30. The topological polar surface area (TPSA) is 109 Å². The van der Waals surface area contributed by atoms with Gasteiger partial charge in [-0.3, -0.25) is 24.3 Å². The van der Waals surface area contributed by atoms with Crippen LogP contribution in [0.4, 0.5) is 11.5 Å². The first-order chi connectivity index (χ1) is 18.0. The largest absolute Gasteiger partial charge is 0.384 e. The van der Waals surface area contributed by atoms with E-state index in [1.165, 1.54) is 7.05 Å². The van der Waals surface area contributed by atoms with E-state index in [0.717, 1.165) is 52.8 Å². The number of benzene rings is 2. The molecule has 0 saturated heterocycles. The molecule has 0 atom stereocenters. The van der Waals surface area contributed by atoms with E-state index in [0.29, 0.717) is 12.4 Å². The highest BCUT2D eigenvalue weighted by Gasteiger charge is 2.30. The van der Waals surface area contributed by atoms with Crippen molar-refractivity contribution >= 4 is 17.3 Å². The lowest BCUT2D eigenvalue weighted by Gasteiger charge is -2.32. The molecule has 8 heteroatoms. The molecule has 1 fully saturated rings. The van der Waals surface area contributed by atoms with Crippen molar-refractivity contribution in [3.05, 3.63) is 111 Å².